The van der Waals surface area contributed by atoms with Crippen LogP contribution in [-0.4, -0.2) is 43.5 Å². The zero-order valence-corrected chi connectivity index (χ0v) is 17.2. The van der Waals surface area contributed by atoms with Gasteiger partial charge >= 0.3 is 5.97 Å². The molecule has 2 aromatic carbocycles. The van der Waals surface area contributed by atoms with Gasteiger partial charge in [0.15, 0.2) is 23.9 Å². The average Bonchev–Trinajstić information content (AvgIpc) is 2.82. The van der Waals surface area contributed by atoms with Crippen molar-refractivity contribution in [2.75, 3.05) is 19.8 Å². The van der Waals surface area contributed by atoms with E-state index in [0.29, 0.717) is 30.3 Å². The second-order valence-corrected chi connectivity index (χ2v) is 7.71. The molecule has 0 spiro atoms. The van der Waals surface area contributed by atoms with Crippen LogP contribution in [-0.2, 0) is 9.53 Å². The van der Waals surface area contributed by atoms with Gasteiger partial charge in [0, 0.05) is 17.2 Å². The molecule has 162 valence electrons. The molecule has 0 unspecified atom stereocenters. The van der Waals surface area contributed by atoms with Gasteiger partial charge in [0.1, 0.15) is 13.2 Å². The third-order valence-corrected chi connectivity index (χ3v) is 5.50. The molecule has 1 saturated carbocycles. The van der Waals surface area contributed by atoms with Crippen molar-refractivity contribution in [2.45, 2.75) is 38.1 Å². The molecule has 1 aliphatic carbocycles. The molecule has 1 N–H and O–H groups in total. The summed E-state index contributed by atoms with van der Waals surface area (Å²) in [7, 11) is 0. The third-order valence-electron chi connectivity index (χ3n) is 5.50. The molecule has 0 aromatic heterocycles. The number of esters is 1. The van der Waals surface area contributed by atoms with Gasteiger partial charge in [-0.15, -0.1) is 0 Å². The highest BCUT2D eigenvalue weighted by Crippen LogP contribution is 2.31. The molecule has 1 aliphatic heterocycles. The Morgan fingerprint density at radius 3 is 2.39 bits per heavy atom. The van der Waals surface area contributed by atoms with Crippen molar-refractivity contribution in [3.63, 3.8) is 0 Å². The van der Waals surface area contributed by atoms with Crippen LogP contribution in [0, 0.1) is 0 Å². The maximum Gasteiger partial charge on any atom is 0.339 e. The minimum absolute atomic E-state index is 0.118. The highest BCUT2D eigenvalue weighted by Gasteiger charge is 2.22. The first-order chi connectivity index (χ1) is 15.1. The molecule has 0 bridgehead atoms. The number of rotatable bonds is 6. The summed E-state index contributed by atoms with van der Waals surface area (Å²) in [4.78, 5) is 37.8. The largest absolute Gasteiger partial charge is 0.486 e. The Bertz CT molecular complexity index is 980. The topological polar surface area (TPSA) is 90.9 Å². The van der Waals surface area contributed by atoms with Crippen LogP contribution in [0.2, 0.25) is 0 Å². The summed E-state index contributed by atoms with van der Waals surface area (Å²) in [5.41, 5.74) is 0.698. The van der Waals surface area contributed by atoms with E-state index in [1.165, 1.54) is 12.5 Å². The van der Waals surface area contributed by atoms with E-state index in [1.54, 1.807) is 36.4 Å². The molecule has 31 heavy (non-hydrogen) atoms. The summed E-state index contributed by atoms with van der Waals surface area (Å²) in [6, 6.07) is 11.5. The van der Waals surface area contributed by atoms with Crippen molar-refractivity contribution < 1.29 is 28.6 Å². The molecule has 2 aromatic rings. The Labute approximate surface area is 180 Å². The van der Waals surface area contributed by atoms with E-state index in [9.17, 15) is 14.4 Å². The lowest BCUT2D eigenvalue weighted by atomic mass is 9.95. The lowest BCUT2D eigenvalue weighted by molar-refractivity contribution is -0.125. The van der Waals surface area contributed by atoms with Crippen LogP contribution in [0.15, 0.2) is 42.5 Å². The Kier molecular flexibility index (Phi) is 6.50. The highest BCUT2D eigenvalue weighted by molar-refractivity contribution is 6.14. The van der Waals surface area contributed by atoms with Crippen molar-refractivity contribution >= 4 is 17.7 Å². The summed E-state index contributed by atoms with van der Waals surface area (Å²) < 4.78 is 16.2. The Hall–Kier alpha value is -3.35. The number of amides is 1. The molecule has 4 rings (SSSR count). The van der Waals surface area contributed by atoms with Gasteiger partial charge in [-0.2, -0.15) is 0 Å². The van der Waals surface area contributed by atoms with Crippen molar-refractivity contribution in [2.24, 2.45) is 0 Å². The quantitative estimate of drug-likeness (QED) is 0.566. The number of nitrogens with one attached hydrogen (secondary N) is 1. The zero-order valence-electron chi connectivity index (χ0n) is 17.2. The number of carbonyl (C=O) groups excluding carboxylic acids is 3. The van der Waals surface area contributed by atoms with Crippen molar-refractivity contribution in [3.05, 3.63) is 59.2 Å². The molecule has 0 atom stereocenters. The summed E-state index contributed by atoms with van der Waals surface area (Å²) in [5, 5.41) is 2.91. The first-order valence-electron chi connectivity index (χ1n) is 10.6. The lowest BCUT2D eigenvalue weighted by Crippen LogP contribution is -2.38. The summed E-state index contributed by atoms with van der Waals surface area (Å²) >= 11 is 0. The average molecular weight is 423 g/mol. The smallest absolute Gasteiger partial charge is 0.339 e. The number of benzene rings is 2. The first kappa shape index (κ1) is 20.9. The summed E-state index contributed by atoms with van der Waals surface area (Å²) in [6.45, 7) is 0.502. The van der Waals surface area contributed by atoms with Gasteiger partial charge in [0.2, 0.25) is 0 Å². The number of hydrogen-bond acceptors (Lipinski definition) is 6. The SMILES string of the molecule is O=C(COC(=O)c1ccccc1C(=O)c1ccc2c(c1)OCCO2)NC1CCCCC1. The predicted molar refractivity (Wildman–Crippen MR) is 113 cm³/mol. The van der Waals surface area contributed by atoms with E-state index < -0.39 is 5.97 Å². The molecule has 7 nitrogen and oxygen atoms in total. The summed E-state index contributed by atoms with van der Waals surface area (Å²) in [6.07, 6.45) is 5.29. The second-order valence-electron chi connectivity index (χ2n) is 7.71. The van der Waals surface area contributed by atoms with Crippen molar-refractivity contribution in [3.8, 4) is 11.5 Å². The second kappa shape index (κ2) is 9.64. The maximum absolute atomic E-state index is 13.1. The Morgan fingerprint density at radius 1 is 0.903 bits per heavy atom. The van der Waals surface area contributed by atoms with Crippen LogP contribution >= 0.6 is 0 Å². The van der Waals surface area contributed by atoms with Gasteiger partial charge in [-0.05, 0) is 37.1 Å². The molecular formula is C24H25NO6. The minimum atomic E-state index is -0.708. The fourth-order valence-corrected chi connectivity index (χ4v) is 3.92. The van der Waals surface area contributed by atoms with Gasteiger partial charge in [-0.1, -0.05) is 37.5 Å². The molecule has 1 fully saturated rings. The number of ketones is 1. The van der Waals surface area contributed by atoms with Gasteiger partial charge in [0.05, 0.1) is 5.56 Å². The zero-order chi connectivity index (χ0) is 21.6. The minimum Gasteiger partial charge on any atom is -0.486 e. The van der Waals surface area contributed by atoms with E-state index in [-0.39, 0.29) is 35.5 Å². The maximum atomic E-state index is 13.1. The fraction of sp³-hybridized carbons (Fsp3) is 0.375. The van der Waals surface area contributed by atoms with Crippen LogP contribution < -0.4 is 14.8 Å². The van der Waals surface area contributed by atoms with Crippen molar-refractivity contribution in [1.29, 1.82) is 0 Å². The molecule has 0 radical (unpaired) electrons. The van der Waals surface area contributed by atoms with Crippen LogP contribution in [0.1, 0.15) is 58.4 Å². The van der Waals surface area contributed by atoms with E-state index in [0.717, 1.165) is 25.7 Å². The Balaban J connectivity index is 1.43. The Morgan fingerprint density at radius 2 is 1.61 bits per heavy atom. The number of hydrogen-bond donors (Lipinski definition) is 1. The molecular weight excluding hydrogens is 398 g/mol. The first-order valence-corrected chi connectivity index (χ1v) is 10.6. The normalized spacial score (nSPS) is 15.7. The van der Waals surface area contributed by atoms with Crippen LogP contribution in [0.4, 0.5) is 0 Å². The van der Waals surface area contributed by atoms with Gasteiger partial charge < -0.3 is 19.5 Å². The number of ether oxygens (including phenoxy) is 3. The third kappa shape index (κ3) is 5.05. The standard InChI is InChI=1S/C24H25NO6/c26-22(25-17-6-2-1-3-7-17)15-31-24(28)19-9-5-4-8-18(19)23(27)16-10-11-20-21(14-16)30-13-12-29-20/h4-5,8-11,14,17H,1-3,6-7,12-13,15H2,(H,25,26). The van der Waals surface area contributed by atoms with E-state index in [1.807, 2.05) is 0 Å². The van der Waals surface area contributed by atoms with E-state index in [4.69, 9.17) is 14.2 Å². The van der Waals surface area contributed by atoms with Crippen LogP contribution in [0.3, 0.4) is 0 Å². The lowest BCUT2D eigenvalue weighted by Gasteiger charge is -2.22. The van der Waals surface area contributed by atoms with Crippen molar-refractivity contribution in [1.82, 2.24) is 5.32 Å². The van der Waals surface area contributed by atoms with Gasteiger partial charge in [0.25, 0.3) is 5.91 Å². The molecule has 1 amide bonds. The number of fused-ring (bicyclic) bond motifs is 1. The fourth-order valence-electron chi connectivity index (χ4n) is 3.92. The number of carbonyl (C=O) groups is 3. The summed E-state index contributed by atoms with van der Waals surface area (Å²) in [5.74, 6) is -0.289. The monoisotopic (exact) mass is 423 g/mol. The molecule has 2 aliphatic rings. The van der Waals surface area contributed by atoms with Crippen LogP contribution in [0.5, 0.6) is 11.5 Å². The highest BCUT2D eigenvalue weighted by atomic mass is 16.6. The van der Waals surface area contributed by atoms with E-state index in [2.05, 4.69) is 5.32 Å². The molecule has 7 heteroatoms. The van der Waals surface area contributed by atoms with E-state index >= 15 is 0 Å². The van der Waals surface area contributed by atoms with Crippen LogP contribution in [0.25, 0.3) is 0 Å². The van der Waals surface area contributed by atoms with Gasteiger partial charge in [-0.3, -0.25) is 9.59 Å². The molecule has 1 heterocycles. The van der Waals surface area contributed by atoms with Gasteiger partial charge in [-0.25, -0.2) is 4.79 Å². The molecule has 0 saturated heterocycles. The predicted octanol–water partition coefficient (Wildman–Crippen LogP) is 3.29.